The van der Waals surface area contributed by atoms with Gasteiger partial charge in [-0.1, -0.05) is 47.5 Å². The summed E-state index contributed by atoms with van der Waals surface area (Å²) in [4.78, 5) is 11.9. The second-order valence-corrected chi connectivity index (χ2v) is 6.23. The summed E-state index contributed by atoms with van der Waals surface area (Å²) in [7, 11) is 0. The second-order valence-electron chi connectivity index (χ2n) is 5.39. The van der Waals surface area contributed by atoms with Crippen molar-refractivity contribution in [1.29, 1.82) is 0 Å². The van der Waals surface area contributed by atoms with Crippen LogP contribution in [0.15, 0.2) is 42.5 Å². The number of anilines is 1. The van der Waals surface area contributed by atoms with Crippen molar-refractivity contribution in [3.05, 3.63) is 63.6 Å². The van der Waals surface area contributed by atoms with Crippen molar-refractivity contribution in [3.63, 3.8) is 0 Å². The van der Waals surface area contributed by atoms with E-state index in [2.05, 4.69) is 5.32 Å². The van der Waals surface area contributed by atoms with E-state index in [-0.39, 0.29) is 5.91 Å². The van der Waals surface area contributed by atoms with E-state index in [4.69, 9.17) is 28.9 Å². The van der Waals surface area contributed by atoms with Crippen LogP contribution in [0, 0.1) is 0 Å². The van der Waals surface area contributed by atoms with Gasteiger partial charge in [-0.25, -0.2) is 0 Å². The zero-order valence-electron chi connectivity index (χ0n) is 12.8. The van der Waals surface area contributed by atoms with E-state index in [0.29, 0.717) is 29.4 Å². The third-order valence-electron chi connectivity index (χ3n) is 3.64. The molecule has 0 radical (unpaired) electrons. The minimum atomic E-state index is 0.0375. The van der Waals surface area contributed by atoms with Crippen molar-refractivity contribution in [2.45, 2.75) is 25.7 Å². The monoisotopic (exact) mass is 350 g/mol. The van der Waals surface area contributed by atoms with Crippen LogP contribution in [0.5, 0.6) is 0 Å². The Hall–Kier alpha value is -1.71. The standard InChI is InChI=1S/C18H20Cl2N2O/c19-15-9-7-13(16(20)12-15)5-3-11-22-18(23)10-8-14-4-1-2-6-17(14)21/h1-2,4,6-7,9,12H,3,5,8,10-11,21H2,(H,22,23). The Morgan fingerprint density at radius 3 is 2.57 bits per heavy atom. The molecule has 0 aromatic heterocycles. The number of hydrogen-bond acceptors (Lipinski definition) is 2. The van der Waals surface area contributed by atoms with E-state index in [1.54, 1.807) is 6.07 Å². The number of aryl methyl sites for hydroxylation is 2. The number of hydrogen-bond donors (Lipinski definition) is 2. The predicted molar refractivity (Wildman–Crippen MR) is 97.0 cm³/mol. The summed E-state index contributed by atoms with van der Waals surface area (Å²) in [6, 6.07) is 13.1. The number of carbonyl (C=O) groups excluding carboxylic acids is 1. The Bertz CT molecular complexity index is 674. The number of carbonyl (C=O) groups is 1. The first kappa shape index (κ1) is 17.6. The molecule has 3 nitrogen and oxygen atoms in total. The average molecular weight is 351 g/mol. The number of para-hydroxylation sites is 1. The molecular formula is C18H20Cl2N2O. The van der Waals surface area contributed by atoms with Crippen LogP contribution < -0.4 is 11.1 Å². The molecule has 122 valence electrons. The Kier molecular flexibility index (Phi) is 6.75. The maximum Gasteiger partial charge on any atom is 0.220 e. The van der Waals surface area contributed by atoms with Crippen molar-refractivity contribution in [2.24, 2.45) is 0 Å². The molecule has 0 bridgehead atoms. The molecule has 0 spiro atoms. The molecule has 0 aliphatic rings. The smallest absolute Gasteiger partial charge is 0.220 e. The minimum absolute atomic E-state index is 0.0375. The van der Waals surface area contributed by atoms with Gasteiger partial charge in [0.1, 0.15) is 0 Å². The van der Waals surface area contributed by atoms with Crippen LogP contribution in [0.2, 0.25) is 10.0 Å². The van der Waals surface area contributed by atoms with Gasteiger partial charge in [-0.05, 0) is 48.6 Å². The molecule has 0 aliphatic carbocycles. The van der Waals surface area contributed by atoms with Crippen molar-refractivity contribution >= 4 is 34.8 Å². The number of nitrogens with one attached hydrogen (secondary N) is 1. The van der Waals surface area contributed by atoms with Crippen LogP contribution >= 0.6 is 23.2 Å². The quantitative estimate of drug-likeness (QED) is 0.579. The number of nitrogens with two attached hydrogens (primary N) is 1. The summed E-state index contributed by atoms with van der Waals surface area (Å²) in [6.07, 6.45) is 2.74. The van der Waals surface area contributed by atoms with Gasteiger partial charge >= 0.3 is 0 Å². The Morgan fingerprint density at radius 1 is 1.04 bits per heavy atom. The molecule has 3 N–H and O–H groups in total. The summed E-state index contributed by atoms with van der Waals surface area (Å²) in [5, 5.41) is 4.23. The van der Waals surface area contributed by atoms with Gasteiger partial charge in [-0.2, -0.15) is 0 Å². The average Bonchev–Trinajstić information content (AvgIpc) is 2.52. The number of amides is 1. The molecule has 0 saturated carbocycles. The van der Waals surface area contributed by atoms with Gasteiger partial charge in [0.05, 0.1) is 0 Å². The molecule has 0 unspecified atom stereocenters. The third kappa shape index (κ3) is 5.77. The SMILES string of the molecule is Nc1ccccc1CCC(=O)NCCCc1ccc(Cl)cc1Cl. The molecule has 0 aliphatic heterocycles. The van der Waals surface area contributed by atoms with Gasteiger partial charge in [0.15, 0.2) is 0 Å². The zero-order chi connectivity index (χ0) is 16.7. The highest BCUT2D eigenvalue weighted by Gasteiger charge is 2.05. The highest BCUT2D eigenvalue weighted by atomic mass is 35.5. The zero-order valence-corrected chi connectivity index (χ0v) is 14.3. The Balaban J connectivity index is 1.68. The van der Waals surface area contributed by atoms with Crippen LogP contribution in [0.3, 0.4) is 0 Å². The number of halogens is 2. The Labute approximate surface area is 146 Å². The molecule has 0 heterocycles. The molecule has 2 rings (SSSR count). The highest BCUT2D eigenvalue weighted by Crippen LogP contribution is 2.21. The van der Waals surface area contributed by atoms with Gasteiger partial charge in [-0.3, -0.25) is 4.79 Å². The summed E-state index contributed by atoms with van der Waals surface area (Å²) in [5.74, 6) is 0.0375. The van der Waals surface area contributed by atoms with Crippen molar-refractivity contribution < 1.29 is 4.79 Å². The maximum atomic E-state index is 11.9. The molecule has 2 aromatic rings. The van der Waals surface area contributed by atoms with Gasteiger partial charge in [0.2, 0.25) is 5.91 Å². The summed E-state index contributed by atoms with van der Waals surface area (Å²) >= 11 is 12.0. The lowest BCUT2D eigenvalue weighted by Crippen LogP contribution is -2.25. The van der Waals surface area contributed by atoms with Crippen molar-refractivity contribution in [3.8, 4) is 0 Å². The number of benzene rings is 2. The van der Waals surface area contributed by atoms with Gasteiger partial charge in [-0.15, -0.1) is 0 Å². The van der Waals surface area contributed by atoms with Crippen LogP contribution in [0.25, 0.3) is 0 Å². The van der Waals surface area contributed by atoms with Crippen molar-refractivity contribution in [2.75, 3.05) is 12.3 Å². The van der Waals surface area contributed by atoms with Gasteiger partial charge in [0, 0.05) is 28.7 Å². The van der Waals surface area contributed by atoms with Gasteiger partial charge < -0.3 is 11.1 Å². The Morgan fingerprint density at radius 2 is 1.83 bits per heavy atom. The highest BCUT2D eigenvalue weighted by molar-refractivity contribution is 6.35. The second kappa shape index (κ2) is 8.80. The minimum Gasteiger partial charge on any atom is -0.399 e. The molecule has 0 saturated heterocycles. The molecule has 5 heteroatoms. The molecular weight excluding hydrogens is 331 g/mol. The van der Waals surface area contributed by atoms with E-state index in [9.17, 15) is 4.79 Å². The van der Waals surface area contributed by atoms with Crippen LogP contribution in [-0.4, -0.2) is 12.5 Å². The van der Waals surface area contributed by atoms with E-state index < -0.39 is 0 Å². The van der Waals surface area contributed by atoms with Crippen LogP contribution in [0.4, 0.5) is 5.69 Å². The lowest BCUT2D eigenvalue weighted by molar-refractivity contribution is -0.121. The lowest BCUT2D eigenvalue weighted by atomic mass is 10.1. The number of rotatable bonds is 7. The molecule has 1 amide bonds. The van der Waals surface area contributed by atoms with E-state index in [0.717, 1.165) is 29.7 Å². The fourth-order valence-corrected chi connectivity index (χ4v) is 2.83. The fourth-order valence-electron chi connectivity index (χ4n) is 2.33. The molecule has 23 heavy (non-hydrogen) atoms. The lowest BCUT2D eigenvalue weighted by Gasteiger charge is -2.08. The summed E-state index contributed by atoms with van der Waals surface area (Å²) < 4.78 is 0. The summed E-state index contributed by atoms with van der Waals surface area (Å²) in [6.45, 7) is 0.627. The molecule has 0 fully saturated rings. The summed E-state index contributed by atoms with van der Waals surface area (Å²) in [5.41, 5.74) is 8.65. The van der Waals surface area contributed by atoms with Gasteiger partial charge in [0.25, 0.3) is 0 Å². The van der Waals surface area contributed by atoms with E-state index in [1.807, 2.05) is 36.4 Å². The predicted octanol–water partition coefficient (Wildman–Crippen LogP) is 4.26. The normalized spacial score (nSPS) is 10.5. The topological polar surface area (TPSA) is 55.1 Å². The first-order valence-corrected chi connectivity index (χ1v) is 8.36. The number of nitrogen functional groups attached to an aromatic ring is 1. The molecule has 2 aromatic carbocycles. The van der Waals surface area contributed by atoms with Crippen molar-refractivity contribution in [1.82, 2.24) is 5.32 Å². The first-order chi connectivity index (χ1) is 11.1. The van der Waals surface area contributed by atoms with E-state index in [1.165, 1.54) is 0 Å². The molecule has 0 atom stereocenters. The van der Waals surface area contributed by atoms with Crippen LogP contribution in [-0.2, 0) is 17.6 Å². The third-order valence-corrected chi connectivity index (χ3v) is 4.22. The maximum absolute atomic E-state index is 11.9. The van der Waals surface area contributed by atoms with E-state index >= 15 is 0 Å². The fraction of sp³-hybridized carbons (Fsp3) is 0.278. The van der Waals surface area contributed by atoms with Crippen LogP contribution in [0.1, 0.15) is 24.0 Å². The first-order valence-electron chi connectivity index (χ1n) is 7.60. The largest absolute Gasteiger partial charge is 0.399 e.